The van der Waals surface area contributed by atoms with E-state index in [-0.39, 0.29) is 12.1 Å². The number of nitrogens with zero attached hydrogens (tertiary/aromatic N) is 4. The van der Waals surface area contributed by atoms with Crippen LogP contribution in [0.2, 0.25) is 0 Å². The third-order valence-corrected chi connectivity index (χ3v) is 7.85. The molecule has 10 heteroatoms. The van der Waals surface area contributed by atoms with Crippen LogP contribution < -0.4 is 11.5 Å². The molecule has 6 rings (SSSR count). The van der Waals surface area contributed by atoms with Crippen LogP contribution >= 0.6 is 15.9 Å². The number of nitrogens with two attached hydrogens (primary N) is 2. The fourth-order valence-corrected chi connectivity index (χ4v) is 5.78. The maximum absolute atomic E-state index is 11.1. The highest BCUT2D eigenvalue weighted by molar-refractivity contribution is 9.10. The summed E-state index contributed by atoms with van der Waals surface area (Å²) in [4.78, 5) is 12.9. The second-order valence-corrected chi connectivity index (χ2v) is 9.95. The van der Waals surface area contributed by atoms with E-state index < -0.39 is 17.6 Å². The second-order valence-electron chi connectivity index (χ2n) is 9.10. The lowest BCUT2D eigenvalue weighted by Crippen LogP contribution is -2.37. The van der Waals surface area contributed by atoms with Crippen LogP contribution in [0.3, 0.4) is 0 Å². The lowest BCUT2D eigenvalue weighted by molar-refractivity contribution is -0.0309. The van der Waals surface area contributed by atoms with Crippen molar-refractivity contribution in [2.45, 2.75) is 37.2 Å². The lowest BCUT2D eigenvalue weighted by Gasteiger charge is -2.26. The number of ether oxygens (including phenoxy) is 1. The molecule has 1 aromatic carbocycles. The summed E-state index contributed by atoms with van der Waals surface area (Å²) in [6, 6.07) is 9.44. The van der Waals surface area contributed by atoms with Crippen LogP contribution in [0.4, 0.5) is 11.6 Å². The number of halogens is 1. The normalized spacial score (nSPS) is 29.5. The fraction of sp³-hybridized carbons (Fsp3) is 0.348. The Hall–Kier alpha value is -2.79. The summed E-state index contributed by atoms with van der Waals surface area (Å²) >= 11 is 3.41. The predicted molar refractivity (Wildman–Crippen MR) is 127 cm³/mol. The van der Waals surface area contributed by atoms with Gasteiger partial charge in [0.15, 0.2) is 0 Å². The first-order valence-corrected chi connectivity index (χ1v) is 11.6. The third-order valence-electron chi connectivity index (χ3n) is 7.22. The SMILES string of the molecule is Nc1nc2cc(C3CC4(CO3)CC(n3ccc5c(N)ncnc53)C(O)C4O)ccc2cc1Br. The molecule has 5 atom stereocenters. The van der Waals surface area contributed by atoms with E-state index in [1.54, 1.807) is 0 Å². The molecule has 0 amide bonds. The van der Waals surface area contributed by atoms with Crippen LogP contribution in [0.1, 0.15) is 30.6 Å². The monoisotopic (exact) mass is 510 g/mol. The van der Waals surface area contributed by atoms with Gasteiger partial charge in [-0.15, -0.1) is 0 Å². The highest BCUT2D eigenvalue weighted by Gasteiger charge is 2.57. The largest absolute Gasteiger partial charge is 0.390 e. The minimum absolute atomic E-state index is 0.207. The van der Waals surface area contributed by atoms with Gasteiger partial charge < -0.3 is 31.0 Å². The number of benzene rings is 1. The van der Waals surface area contributed by atoms with E-state index in [1.165, 1.54) is 6.33 Å². The Morgan fingerprint density at radius 2 is 1.94 bits per heavy atom. The number of hydrogen-bond acceptors (Lipinski definition) is 8. The van der Waals surface area contributed by atoms with E-state index in [4.69, 9.17) is 16.2 Å². The van der Waals surface area contributed by atoms with Crippen molar-refractivity contribution in [2.75, 3.05) is 18.1 Å². The summed E-state index contributed by atoms with van der Waals surface area (Å²) in [5.41, 5.74) is 13.8. The second kappa shape index (κ2) is 7.36. The van der Waals surface area contributed by atoms with Crippen molar-refractivity contribution >= 4 is 49.5 Å². The van der Waals surface area contributed by atoms with E-state index in [0.29, 0.717) is 36.7 Å². The molecule has 4 heterocycles. The molecule has 1 aliphatic carbocycles. The van der Waals surface area contributed by atoms with Gasteiger partial charge in [-0.05, 0) is 52.5 Å². The highest BCUT2D eigenvalue weighted by Crippen LogP contribution is 2.55. The van der Waals surface area contributed by atoms with Crippen molar-refractivity contribution < 1.29 is 14.9 Å². The Morgan fingerprint density at radius 3 is 2.79 bits per heavy atom. The smallest absolute Gasteiger partial charge is 0.145 e. The summed E-state index contributed by atoms with van der Waals surface area (Å²) in [5.74, 6) is 0.826. The Kier molecular flexibility index (Phi) is 4.64. The molecule has 0 radical (unpaired) electrons. The van der Waals surface area contributed by atoms with Crippen LogP contribution in [0, 0.1) is 5.41 Å². The Bertz CT molecular complexity index is 1390. The number of rotatable bonds is 2. The molecule has 1 spiro atoms. The molecule has 1 saturated heterocycles. The third kappa shape index (κ3) is 3.12. The van der Waals surface area contributed by atoms with Crippen LogP contribution in [-0.2, 0) is 4.74 Å². The molecule has 1 saturated carbocycles. The maximum Gasteiger partial charge on any atom is 0.145 e. The molecule has 1 aliphatic heterocycles. The zero-order chi connectivity index (χ0) is 22.9. The Balaban J connectivity index is 1.30. The molecule has 0 bridgehead atoms. The summed E-state index contributed by atoms with van der Waals surface area (Å²) in [6.45, 7) is 0.358. The van der Waals surface area contributed by atoms with Gasteiger partial charge in [-0.3, -0.25) is 0 Å². The standard InChI is InChI=1S/C23H23BrN6O3/c24-14-5-11-1-2-12(6-15(11)29-21(14)26)17-8-23(9-33-17)7-16(18(31)19(23)32)30-4-3-13-20(25)27-10-28-22(13)30/h1-6,10,16-19,31-32H,7-9H2,(H2,26,29)(H2,25,27,28). The molecule has 2 aliphatic rings. The molecule has 170 valence electrons. The minimum atomic E-state index is -0.949. The number of nitrogen functional groups attached to an aromatic ring is 2. The fourth-order valence-electron chi connectivity index (χ4n) is 5.44. The lowest BCUT2D eigenvalue weighted by atomic mass is 9.80. The quantitative estimate of drug-likeness (QED) is 0.322. The molecular formula is C23H23BrN6O3. The zero-order valence-electron chi connectivity index (χ0n) is 17.6. The van der Waals surface area contributed by atoms with Crippen LogP contribution in [0.5, 0.6) is 0 Å². The molecular weight excluding hydrogens is 488 g/mol. The van der Waals surface area contributed by atoms with Gasteiger partial charge in [-0.2, -0.15) is 0 Å². The minimum Gasteiger partial charge on any atom is -0.390 e. The molecule has 33 heavy (non-hydrogen) atoms. The van der Waals surface area contributed by atoms with Crippen molar-refractivity contribution in [3.63, 3.8) is 0 Å². The topological polar surface area (TPSA) is 145 Å². The molecule has 5 unspecified atom stereocenters. The van der Waals surface area contributed by atoms with Gasteiger partial charge in [-0.25, -0.2) is 15.0 Å². The van der Waals surface area contributed by atoms with E-state index in [1.807, 2.05) is 41.1 Å². The van der Waals surface area contributed by atoms with Gasteiger partial charge in [0.25, 0.3) is 0 Å². The highest BCUT2D eigenvalue weighted by atomic mass is 79.9. The van der Waals surface area contributed by atoms with Gasteiger partial charge in [-0.1, -0.05) is 12.1 Å². The van der Waals surface area contributed by atoms with Gasteiger partial charge in [0.05, 0.1) is 40.2 Å². The van der Waals surface area contributed by atoms with Gasteiger partial charge in [0.1, 0.15) is 29.7 Å². The predicted octanol–water partition coefficient (Wildman–Crippen LogP) is 2.72. The van der Waals surface area contributed by atoms with Crippen molar-refractivity contribution in [3.05, 3.63) is 52.9 Å². The van der Waals surface area contributed by atoms with Gasteiger partial charge in [0.2, 0.25) is 0 Å². The van der Waals surface area contributed by atoms with Crippen molar-refractivity contribution in [3.8, 4) is 0 Å². The maximum atomic E-state index is 11.1. The summed E-state index contributed by atoms with van der Waals surface area (Å²) in [7, 11) is 0. The zero-order valence-corrected chi connectivity index (χ0v) is 19.2. The van der Waals surface area contributed by atoms with Crippen molar-refractivity contribution in [1.29, 1.82) is 0 Å². The number of aromatic nitrogens is 4. The van der Waals surface area contributed by atoms with Crippen LogP contribution in [0.25, 0.3) is 21.9 Å². The molecule has 9 nitrogen and oxygen atoms in total. The number of aliphatic hydroxyl groups is 2. The molecule has 4 aromatic rings. The van der Waals surface area contributed by atoms with Gasteiger partial charge >= 0.3 is 0 Å². The Labute approximate surface area is 197 Å². The molecule has 3 aromatic heterocycles. The van der Waals surface area contributed by atoms with E-state index >= 15 is 0 Å². The first-order chi connectivity index (χ1) is 15.9. The van der Waals surface area contributed by atoms with E-state index in [9.17, 15) is 10.2 Å². The first-order valence-electron chi connectivity index (χ1n) is 10.8. The average Bonchev–Trinajstić information content (AvgIpc) is 3.48. The first kappa shape index (κ1) is 20.8. The van der Waals surface area contributed by atoms with E-state index in [2.05, 4.69) is 30.9 Å². The summed E-state index contributed by atoms with van der Waals surface area (Å²) in [5, 5.41) is 23.8. The molecule has 2 fully saturated rings. The number of hydrogen-bond donors (Lipinski definition) is 4. The number of aliphatic hydroxyl groups excluding tert-OH is 2. The summed E-state index contributed by atoms with van der Waals surface area (Å²) < 4.78 is 8.83. The van der Waals surface area contributed by atoms with Crippen molar-refractivity contribution in [2.24, 2.45) is 5.41 Å². The number of pyridine rings is 1. The number of fused-ring (bicyclic) bond motifs is 2. The van der Waals surface area contributed by atoms with Gasteiger partial charge in [0, 0.05) is 17.0 Å². The Morgan fingerprint density at radius 1 is 1.09 bits per heavy atom. The van der Waals surface area contributed by atoms with E-state index in [0.717, 1.165) is 26.3 Å². The molecule has 6 N–H and O–H groups in total. The van der Waals surface area contributed by atoms with Crippen LogP contribution in [-0.4, -0.2) is 48.5 Å². The number of anilines is 2. The van der Waals surface area contributed by atoms with Crippen molar-refractivity contribution in [1.82, 2.24) is 19.5 Å². The summed E-state index contributed by atoms with van der Waals surface area (Å²) in [6.07, 6.45) is 2.33. The average molecular weight is 511 g/mol. The van der Waals surface area contributed by atoms with Crippen LogP contribution in [0.15, 0.2) is 47.3 Å².